The highest BCUT2D eigenvalue weighted by Crippen LogP contribution is 2.31. The summed E-state index contributed by atoms with van der Waals surface area (Å²) in [5.41, 5.74) is 2.18. The van der Waals surface area contributed by atoms with Gasteiger partial charge in [-0.05, 0) is 61.6 Å². The van der Waals surface area contributed by atoms with Gasteiger partial charge in [-0.2, -0.15) is 0 Å². The first-order valence-corrected chi connectivity index (χ1v) is 11.6. The number of anilines is 1. The molecule has 2 N–H and O–H groups in total. The number of carbonyl (C=O) groups is 2. The maximum atomic E-state index is 12.9. The minimum absolute atomic E-state index is 0.0410. The molecule has 4 rings (SSSR count). The average Bonchev–Trinajstić information content (AvgIpc) is 3.54. The third-order valence-electron chi connectivity index (χ3n) is 5.66. The molecule has 1 aliphatic heterocycles. The van der Waals surface area contributed by atoms with Gasteiger partial charge in [0.05, 0.1) is 18.0 Å². The number of thiophene rings is 1. The number of hydrogen-bond donors (Lipinski definition) is 2. The van der Waals surface area contributed by atoms with Gasteiger partial charge in [0.1, 0.15) is 5.75 Å². The Bertz CT molecular complexity index is 1060. The summed E-state index contributed by atoms with van der Waals surface area (Å²) in [5.74, 6) is 0.482. The van der Waals surface area contributed by atoms with Gasteiger partial charge in [0.2, 0.25) is 0 Å². The van der Waals surface area contributed by atoms with Crippen molar-refractivity contribution in [2.45, 2.75) is 18.9 Å². The first kappa shape index (κ1) is 22.0. The zero-order valence-electron chi connectivity index (χ0n) is 18.0. The summed E-state index contributed by atoms with van der Waals surface area (Å²) in [4.78, 5) is 28.3. The number of hydrogen-bond acceptors (Lipinski definition) is 5. The molecule has 2 amide bonds. The molecule has 0 bridgehead atoms. The Hall–Kier alpha value is -3.16. The number of nitrogens with zero attached hydrogens (tertiary/aromatic N) is 1. The number of benzene rings is 2. The van der Waals surface area contributed by atoms with Crippen molar-refractivity contribution in [2.75, 3.05) is 32.1 Å². The Morgan fingerprint density at radius 3 is 2.59 bits per heavy atom. The summed E-state index contributed by atoms with van der Waals surface area (Å²) in [6, 6.07) is 18.6. The van der Waals surface area contributed by atoms with Crippen LogP contribution in [0.25, 0.3) is 0 Å². The molecule has 0 spiro atoms. The molecule has 7 heteroatoms. The molecule has 1 saturated heterocycles. The second-order valence-corrected chi connectivity index (χ2v) is 8.67. The van der Waals surface area contributed by atoms with Crippen molar-refractivity contribution in [1.82, 2.24) is 10.2 Å². The lowest BCUT2D eigenvalue weighted by molar-refractivity contribution is 0.0936. The molecule has 0 radical (unpaired) electrons. The van der Waals surface area contributed by atoms with Gasteiger partial charge < -0.3 is 15.4 Å². The van der Waals surface area contributed by atoms with Crippen molar-refractivity contribution >= 4 is 28.8 Å². The molecule has 3 aromatic rings. The van der Waals surface area contributed by atoms with Crippen LogP contribution in [0, 0.1) is 0 Å². The van der Waals surface area contributed by atoms with Crippen LogP contribution >= 0.6 is 11.3 Å². The van der Waals surface area contributed by atoms with Crippen molar-refractivity contribution in [1.29, 1.82) is 0 Å². The van der Waals surface area contributed by atoms with Gasteiger partial charge in [0.15, 0.2) is 0 Å². The maximum Gasteiger partial charge on any atom is 0.265 e. The average molecular weight is 450 g/mol. The van der Waals surface area contributed by atoms with Crippen LogP contribution in [0.4, 0.5) is 5.69 Å². The minimum Gasteiger partial charge on any atom is -0.496 e. The van der Waals surface area contributed by atoms with E-state index >= 15 is 0 Å². The van der Waals surface area contributed by atoms with E-state index in [1.54, 1.807) is 37.4 Å². The third-order valence-corrected chi connectivity index (χ3v) is 6.53. The molecule has 0 unspecified atom stereocenters. The molecule has 1 fully saturated rings. The molecule has 0 aliphatic carbocycles. The molecule has 0 saturated carbocycles. The van der Waals surface area contributed by atoms with E-state index in [1.165, 1.54) is 11.3 Å². The van der Waals surface area contributed by atoms with Gasteiger partial charge in [-0.25, -0.2) is 0 Å². The Balaban J connectivity index is 1.46. The van der Waals surface area contributed by atoms with E-state index in [-0.39, 0.29) is 17.9 Å². The van der Waals surface area contributed by atoms with E-state index in [0.29, 0.717) is 22.7 Å². The highest BCUT2D eigenvalue weighted by Gasteiger charge is 2.26. The van der Waals surface area contributed by atoms with Gasteiger partial charge in [-0.15, -0.1) is 11.3 Å². The number of ether oxygens (including phenoxy) is 1. The number of methoxy groups -OCH3 is 1. The topological polar surface area (TPSA) is 70.7 Å². The molecule has 1 aromatic heterocycles. The molecule has 32 heavy (non-hydrogen) atoms. The first-order chi connectivity index (χ1) is 15.7. The van der Waals surface area contributed by atoms with Crippen LogP contribution in [0.2, 0.25) is 0 Å². The fourth-order valence-electron chi connectivity index (χ4n) is 4.06. The standard InChI is InChI=1S/C25H27N3O3S/c1-31-22-11-3-2-10-20(22)21(28-13-4-5-14-28)17-26-24(29)18-8-6-9-19(16-18)27-25(30)23-12-7-15-32-23/h2-3,6-12,15-16,21H,4-5,13-14,17H2,1H3,(H,26,29)(H,27,30)/t21-/m0/s1. The summed E-state index contributed by atoms with van der Waals surface area (Å²) in [6.07, 6.45) is 2.32. The van der Waals surface area contributed by atoms with E-state index in [9.17, 15) is 9.59 Å². The number of para-hydroxylation sites is 1. The van der Waals surface area contributed by atoms with Crippen molar-refractivity contribution in [3.05, 3.63) is 82.0 Å². The van der Waals surface area contributed by atoms with E-state index in [4.69, 9.17) is 4.74 Å². The van der Waals surface area contributed by atoms with Gasteiger partial charge >= 0.3 is 0 Å². The van der Waals surface area contributed by atoms with Crippen LogP contribution < -0.4 is 15.4 Å². The molecule has 2 heterocycles. The van der Waals surface area contributed by atoms with E-state index in [2.05, 4.69) is 21.6 Å². The van der Waals surface area contributed by atoms with Gasteiger partial charge in [-0.3, -0.25) is 14.5 Å². The summed E-state index contributed by atoms with van der Waals surface area (Å²) < 4.78 is 5.58. The van der Waals surface area contributed by atoms with E-state index < -0.39 is 0 Å². The first-order valence-electron chi connectivity index (χ1n) is 10.8. The quantitative estimate of drug-likeness (QED) is 0.528. The van der Waals surface area contributed by atoms with Crippen molar-refractivity contribution < 1.29 is 14.3 Å². The lowest BCUT2D eigenvalue weighted by Crippen LogP contribution is -2.37. The van der Waals surface area contributed by atoms with Gasteiger partial charge in [-0.1, -0.05) is 30.3 Å². The number of likely N-dealkylation sites (tertiary alicyclic amines) is 1. The van der Waals surface area contributed by atoms with Crippen LogP contribution in [0.5, 0.6) is 5.75 Å². The SMILES string of the molecule is COc1ccccc1[C@H](CNC(=O)c1cccc(NC(=O)c2cccs2)c1)N1CCCC1. The Morgan fingerprint density at radius 2 is 1.84 bits per heavy atom. The lowest BCUT2D eigenvalue weighted by atomic mass is 10.0. The van der Waals surface area contributed by atoms with Crippen LogP contribution in [0.3, 0.4) is 0 Å². The Kier molecular flexibility index (Phi) is 7.19. The molecule has 6 nitrogen and oxygen atoms in total. The van der Waals surface area contributed by atoms with Gasteiger partial charge in [0, 0.05) is 23.4 Å². The number of nitrogens with one attached hydrogen (secondary N) is 2. The molecular weight excluding hydrogens is 422 g/mol. The number of rotatable bonds is 8. The van der Waals surface area contributed by atoms with Crippen LogP contribution in [-0.2, 0) is 0 Å². The Labute approximate surface area is 192 Å². The lowest BCUT2D eigenvalue weighted by Gasteiger charge is -2.29. The fraction of sp³-hybridized carbons (Fsp3) is 0.280. The highest BCUT2D eigenvalue weighted by molar-refractivity contribution is 7.12. The van der Waals surface area contributed by atoms with E-state index in [0.717, 1.165) is 37.2 Å². The summed E-state index contributed by atoms with van der Waals surface area (Å²) in [6.45, 7) is 2.48. The zero-order chi connectivity index (χ0) is 22.3. The fourth-order valence-corrected chi connectivity index (χ4v) is 4.68. The normalized spacial score (nSPS) is 14.7. The van der Waals surface area contributed by atoms with E-state index in [1.807, 2.05) is 29.6 Å². The number of carbonyl (C=O) groups excluding carboxylic acids is 2. The predicted octanol–water partition coefficient (Wildman–Crippen LogP) is 4.58. The van der Waals surface area contributed by atoms with Crippen LogP contribution in [0.15, 0.2) is 66.0 Å². The maximum absolute atomic E-state index is 12.9. The smallest absolute Gasteiger partial charge is 0.265 e. The second-order valence-electron chi connectivity index (χ2n) is 7.72. The third kappa shape index (κ3) is 5.18. The second kappa shape index (κ2) is 10.4. The molecular formula is C25H27N3O3S. The van der Waals surface area contributed by atoms with Gasteiger partial charge in [0.25, 0.3) is 11.8 Å². The predicted molar refractivity (Wildman–Crippen MR) is 128 cm³/mol. The van der Waals surface area contributed by atoms with Crippen molar-refractivity contribution in [2.24, 2.45) is 0 Å². The largest absolute Gasteiger partial charge is 0.496 e. The highest BCUT2D eigenvalue weighted by atomic mass is 32.1. The summed E-state index contributed by atoms with van der Waals surface area (Å²) >= 11 is 1.38. The molecule has 1 aliphatic rings. The van der Waals surface area contributed by atoms with Crippen molar-refractivity contribution in [3.63, 3.8) is 0 Å². The molecule has 2 aromatic carbocycles. The summed E-state index contributed by atoms with van der Waals surface area (Å²) in [7, 11) is 1.68. The Morgan fingerprint density at radius 1 is 1.03 bits per heavy atom. The van der Waals surface area contributed by atoms with Crippen molar-refractivity contribution in [3.8, 4) is 5.75 Å². The zero-order valence-corrected chi connectivity index (χ0v) is 18.9. The molecule has 166 valence electrons. The van der Waals surface area contributed by atoms with Crippen LogP contribution in [-0.4, -0.2) is 43.5 Å². The molecule has 1 atom stereocenters. The monoisotopic (exact) mass is 449 g/mol. The summed E-state index contributed by atoms with van der Waals surface area (Å²) in [5, 5.41) is 7.80. The number of amides is 2. The minimum atomic E-state index is -0.178. The van der Waals surface area contributed by atoms with Crippen LogP contribution in [0.1, 0.15) is 44.5 Å².